The number of benzene rings is 4. The minimum atomic E-state index is 0.164. The molecule has 2 N–H and O–H groups in total. The van der Waals surface area contributed by atoms with Crippen LogP contribution in [0, 0.1) is 13.8 Å². The summed E-state index contributed by atoms with van der Waals surface area (Å²) in [6.45, 7) is 4.20. The van der Waals surface area contributed by atoms with E-state index < -0.39 is 0 Å². The van der Waals surface area contributed by atoms with Crippen molar-refractivity contribution in [3.63, 3.8) is 0 Å². The molecule has 4 heteroatoms. The molecule has 1 heterocycles. The molecule has 0 spiro atoms. The van der Waals surface area contributed by atoms with E-state index in [1.807, 2.05) is 24.3 Å². The number of phenols is 2. The molecule has 32 heavy (non-hydrogen) atoms. The SMILES string of the molecule is Cc1ccc2ccc(C)c3c2c1-c1c(-c2ccccc2O)nnc(-c2ccccc2O)c1-3. The molecule has 1 aliphatic carbocycles. The summed E-state index contributed by atoms with van der Waals surface area (Å²) >= 11 is 0. The van der Waals surface area contributed by atoms with Crippen LogP contribution in [0.25, 0.3) is 55.5 Å². The fourth-order valence-electron chi connectivity index (χ4n) is 4.92. The molecule has 4 aromatic carbocycles. The maximum Gasteiger partial charge on any atom is 0.125 e. The van der Waals surface area contributed by atoms with Crippen LogP contribution >= 0.6 is 0 Å². The van der Waals surface area contributed by atoms with Gasteiger partial charge in [0.25, 0.3) is 0 Å². The lowest BCUT2D eigenvalue weighted by molar-refractivity contribution is 0.476. The van der Waals surface area contributed by atoms with Crippen molar-refractivity contribution in [3.05, 3.63) is 83.9 Å². The summed E-state index contributed by atoms with van der Waals surface area (Å²) in [5, 5.41) is 32.9. The summed E-state index contributed by atoms with van der Waals surface area (Å²) in [5.74, 6) is 0.327. The van der Waals surface area contributed by atoms with Gasteiger partial charge in [0.15, 0.2) is 0 Å². The van der Waals surface area contributed by atoms with Crippen LogP contribution in [0.3, 0.4) is 0 Å². The normalized spacial score (nSPS) is 11.7. The van der Waals surface area contributed by atoms with E-state index in [2.05, 4.69) is 48.3 Å². The van der Waals surface area contributed by atoms with Crippen molar-refractivity contribution in [2.24, 2.45) is 0 Å². The first kappa shape index (κ1) is 18.6. The highest BCUT2D eigenvalue weighted by Gasteiger charge is 2.32. The van der Waals surface area contributed by atoms with Gasteiger partial charge in [-0.15, -0.1) is 10.2 Å². The van der Waals surface area contributed by atoms with Gasteiger partial charge in [0.1, 0.15) is 22.9 Å². The Bertz CT molecular complexity index is 1460. The van der Waals surface area contributed by atoms with Gasteiger partial charge in [0, 0.05) is 22.3 Å². The minimum absolute atomic E-state index is 0.164. The zero-order valence-corrected chi connectivity index (χ0v) is 17.7. The van der Waals surface area contributed by atoms with Gasteiger partial charge in [0.2, 0.25) is 0 Å². The Morgan fingerprint density at radius 3 is 1.41 bits per heavy atom. The molecule has 0 saturated carbocycles. The molecule has 0 saturated heterocycles. The first-order chi connectivity index (χ1) is 15.6. The maximum atomic E-state index is 10.7. The predicted octanol–water partition coefficient (Wildman–Crippen LogP) is 6.64. The van der Waals surface area contributed by atoms with Crippen molar-refractivity contribution < 1.29 is 10.2 Å². The molecule has 0 unspecified atom stereocenters. The summed E-state index contributed by atoms with van der Waals surface area (Å²) in [7, 11) is 0. The van der Waals surface area contributed by atoms with Crippen molar-refractivity contribution in [2.75, 3.05) is 0 Å². The van der Waals surface area contributed by atoms with Gasteiger partial charge < -0.3 is 10.2 Å². The Balaban J connectivity index is 1.84. The molecular formula is C28H20N2O2. The molecule has 4 nitrogen and oxygen atoms in total. The van der Waals surface area contributed by atoms with Gasteiger partial charge in [0.05, 0.1) is 0 Å². The second-order valence-corrected chi connectivity index (χ2v) is 8.29. The molecule has 1 aliphatic rings. The molecular weight excluding hydrogens is 396 g/mol. The molecule has 5 aromatic rings. The quantitative estimate of drug-likeness (QED) is 0.332. The number of fused-ring (bicyclic) bond motifs is 3. The highest BCUT2D eigenvalue weighted by molar-refractivity contribution is 6.21. The number of aromatic hydroxyl groups is 2. The van der Waals surface area contributed by atoms with Crippen molar-refractivity contribution >= 4 is 10.8 Å². The lowest BCUT2D eigenvalue weighted by Crippen LogP contribution is -1.99. The number of rotatable bonds is 2. The highest BCUT2D eigenvalue weighted by atomic mass is 16.3. The maximum absolute atomic E-state index is 10.7. The zero-order chi connectivity index (χ0) is 22.0. The number of para-hydroxylation sites is 2. The van der Waals surface area contributed by atoms with Gasteiger partial charge in [-0.2, -0.15) is 0 Å². The highest BCUT2D eigenvalue weighted by Crippen LogP contribution is 2.56. The second-order valence-electron chi connectivity index (χ2n) is 8.29. The molecule has 0 amide bonds. The monoisotopic (exact) mass is 416 g/mol. The second kappa shape index (κ2) is 6.66. The van der Waals surface area contributed by atoms with Crippen LogP contribution < -0.4 is 0 Å². The number of aromatic nitrogens is 2. The summed E-state index contributed by atoms with van der Waals surface area (Å²) in [5.41, 5.74) is 8.96. The molecule has 0 fully saturated rings. The summed E-state index contributed by atoms with van der Waals surface area (Å²) in [6.07, 6.45) is 0. The number of aryl methyl sites for hydroxylation is 2. The van der Waals surface area contributed by atoms with Gasteiger partial charge in [-0.1, -0.05) is 48.5 Å². The van der Waals surface area contributed by atoms with E-state index in [0.717, 1.165) is 38.8 Å². The minimum Gasteiger partial charge on any atom is -0.507 e. The van der Waals surface area contributed by atoms with Crippen molar-refractivity contribution in [3.8, 4) is 56.3 Å². The largest absolute Gasteiger partial charge is 0.507 e. The summed E-state index contributed by atoms with van der Waals surface area (Å²) in [6, 6.07) is 23.0. The number of nitrogens with zero attached hydrogens (tertiary/aromatic N) is 2. The topological polar surface area (TPSA) is 66.2 Å². The third kappa shape index (κ3) is 2.44. The first-order valence-electron chi connectivity index (χ1n) is 10.6. The number of phenolic OH excluding ortho intramolecular Hbond substituents is 2. The molecule has 0 atom stereocenters. The van der Waals surface area contributed by atoms with Crippen LogP contribution in [0.15, 0.2) is 72.8 Å². The van der Waals surface area contributed by atoms with Gasteiger partial charge in [-0.3, -0.25) is 0 Å². The van der Waals surface area contributed by atoms with E-state index in [9.17, 15) is 10.2 Å². The fraction of sp³-hybridized carbons (Fsp3) is 0.0714. The van der Waals surface area contributed by atoms with Gasteiger partial charge >= 0.3 is 0 Å². The van der Waals surface area contributed by atoms with Crippen LogP contribution in [0.2, 0.25) is 0 Å². The van der Waals surface area contributed by atoms with Crippen LogP contribution in [0.5, 0.6) is 11.5 Å². The third-order valence-corrected chi connectivity index (χ3v) is 6.40. The molecule has 154 valence electrons. The van der Waals surface area contributed by atoms with Crippen LogP contribution in [-0.2, 0) is 0 Å². The Morgan fingerprint density at radius 1 is 0.531 bits per heavy atom. The standard InChI is InChI=1S/C28H20N2O2/c1-15-11-13-17-14-12-16(2)23-24(17)22(15)25-26(23)28(19-8-4-6-10-21(19)32)30-29-27(25)18-7-3-5-9-20(18)31/h3-14,31-32H,1-2H3. The van der Waals surface area contributed by atoms with E-state index in [-0.39, 0.29) is 11.5 Å². The third-order valence-electron chi connectivity index (χ3n) is 6.40. The lowest BCUT2D eigenvalue weighted by atomic mass is 9.92. The molecule has 0 aliphatic heterocycles. The molecule has 0 bridgehead atoms. The first-order valence-corrected chi connectivity index (χ1v) is 10.6. The van der Waals surface area contributed by atoms with Gasteiger partial charge in [-0.05, 0) is 71.1 Å². The van der Waals surface area contributed by atoms with Crippen LogP contribution in [0.1, 0.15) is 11.1 Å². The van der Waals surface area contributed by atoms with Crippen molar-refractivity contribution in [1.82, 2.24) is 10.2 Å². The van der Waals surface area contributed by atoms with Crippen LogP contribution in [0.4, 0.5) is 0 Å². The number of hydrogen-bond acceptors (Lipinski definition) is 4. The average molecular weight is 416 g/mol. The van der Waals surface area contributed by atoms with E-state index in [0.29, 0.717) is 22.5 Å². The van der Waals surface area contributed by atoms with E-state index in [1.165, 1.54) is 5.39 Å². The van der Waals surface area contributed by atoms with Gasteiger partial charge in [-0.25, -0.2) is 0 Å². The lowest BCUT2D eigenvalue weighted by Gasteiger charge is -2.15. The molecule has 1 aromatic heterocycles. The Kier molecular flexibility index (Phi) is 3.87. The van der Waals surface area contributed by atoms with E-state index >= 15 is 0 Å². The summed E-state index contributed by atoms with van der Waals surface area (Å²) in [4.78, 5) is 0. The fourth-order valence-corrected chi connectivity index (χ4v) is 4.92. The summed E-state index contributed by atoms with van der Waals surface area (Å²) < 4.78 is 0. The van der Waals surface area contributed by atoms with E-state index in [1.54, 1.807) is 24.3 Å². The predicted molar refractivity (Wildman–Crippen MR) is 128 cm³/mol. The molecule has 6 rings (SSSR count). The Morgan fingerprint density at radius 2 is 0.969 bits per heavy atom. The average Bonchev–Trinajstić information content (AvgIpc) is 3.17. The van der Waals surface area contributed by atoms with Crippen LogP contribution in [-0.4, -0.2) is 20.4 Å². The van der Waals surface area contributed by atoms with E-state index in [4.69, 9.17) is 0 Å². The smallest absolute Gasteiger partial charge is 0.125 e. The number of hydrogen-bond donors (Lipinski definition) is 2. The van der Waals surface area contributed by atoms with Crippen molar-refractivity contribution in [1.29, 1.82) is 0 Å². The Labute approximate surface area is 185 Å². The zero-order valence-electron chi connectivity index (χ0n) is 17.7. The Hall–Kier alpha value is -4.18. The van der Waals surface area contributed by atoms with Crippen molar-refractivity contribution in [2.45, 2.75) is 13.8 Å². The molecule has 0 radical (unpaired) electrons.